The van der Waals surface area contributed by atoms with E-state index in [0.717, 1.165) is 10.0 Å². The molecular weight excluding hydrogens is 269 g/mol. The molecule has 0 bridgehead atoms. The molecule has 16 heavy (non-hydrogen) atoms. The number of rotatable bonds is 4. The van der Waals surface area contributed by atoms with Gasteiger partial charge in [-0.1, -0.05) is 36.7 Å². The molecular formula is C13H19BrFN. The Morgan fingerprint density at radius 1 is 1.19 bits per heavy atom. The van der Waals surface area contributed by atoms with Gasteiger partial charge in [0.15, 0.2) is 0 Å². The minimum atomic E-state index is -0.131. The third kappa shape index (κ3) is 3.56. The summed E-state index contributed by atoms with van der Waals surface area (Å²) in [4.78, 5) is 0. The molecule has 0 spiro atoms. The highest BCUT2D eigenvalue weighted by molar-refractivity contribution is 9.10. The minimum Gasteiger partial charge on any atom is -0.311 e. The third-order valence-electron chi connectivity index (χ3n) is 2.79. The standard InChI is InChI=1S/C13H19BrFN/c1-8(2)16-10(4)9(3)12-7-11(14)5-6-13(12)15/h5-10,16H,1-4H3. The number of halogens is 2. The Hall–Kier alpha value is -0.410. The van der Waals surface area contributed by atoms with Crippen LogP contribution in [0.5, 0.6) is 0 Å². The van der Waals surface area contributed by atoms with E-state index in [4.69, 9.17) is 0 Å². The normalized spacial score (nSPS) is 15.2. The van der Waals surface area contributed by atoms with Crippen LogP contribution in [0.3, 0.4) is 0 Å². The minimum absolute atomic E-state index is 0.131. The third-order valence-corrected chi connectivity index (χ3v) is 3.29. The smallest absolute Gasteiger partial charge is 0.126 e. The van der Waals surface area contributed by atoms with Crippen LogP contribution in [0, 0.1) is 5.82 Å². The van der Waals surface area contributed by atoms with Gasteiger partial charge in [0.25, 0.3) is 0 Å². The number of nitrogens with one attached hydrogen (secondary N) is 1. The Morgan fingerprint density at radius 2 is 1.81 bits per heavy atom. The molecule has 1 N–H and O–H groups in total. The van der Waals surface area contributed by atoms with Crippen molar-refractivity contribution < 1.29 is 4.39 Å². The molecule has 1 aromatic rings. The summed E-state index contributed by atoms with van der Waals surface area (Å²) in [7, 11) is 0. The Kier molecular flexibility index (Phi) is 4.93. The van der Waals surface area contributed by atoms with E-state index in [1.807, 2.05) is 13.0 Å². The first-order chi connectivity index (χ1) is 7.41. The first-order valence-corrected chi connectivity index (χ1v) is 6.42. The molecule has 0 saturated carbocycles. The van der Waals surface area contributed by atoms with Crippen LogP contribution in [-0.4, -0.2) is 12.1 Å². The van der Waals surface area contributed by atoms with Crippen molar-refractivity contribution >= 4 is 15.9 Å². The van der Waals surface area contributed by atoms with Crippen LogP contribution in [0.2, 0.25) is 0 Å². The molecule has 1 aromatic carbocycles. The Labute approximate surface area is 106 Å². The highest BCUT2D eigenvalue weighted by Gasteiger charge is 2.18. The zero-order valence-corrected chi connectivity index (χ0v) is 11.8. The highest BCUT2D eigenvalue weighted by Crippen LogP contribution is 2.25. The average molecular weight is 288 g/mol. The molecule has 0 aromatic heterocycles. The zero-order chi connectivity index (χ0) is 12.3. The fourth-order valence-corrected chi connectivity index (χ4v) is 2.18. The van der Waals surface area contributed by atoms with E-state index in [1.165, 1.54) is 6.07 Å². The summed E-state index contributed by atoms with van der Waals surface area (Å²) in [5, 5.41) is 3.41. The van der Waals surface area contributed by atoms with Gasteiger partial charge in [0, 0.05) is 16.6 Å². The van der Waals surface area contributed by atoms with Gasteiger partial charge in [-0.2, -0.15) is 0 Å². The van der Waals surface area contributed by atoms with Crippen LogP contribution >= 0.6 is 15.9 Å². The maximum atomic E-state index is 13.7. The van der Waals surface area contributed by atoms with Gasteiger partial charge in [0.1, 0.15) is 5.82 Å². The highest BCUT2D eigenvalue weighted by atomic mass is 79.9. The maximum Gasteiger partial charge on any atom is 0.126 e. The van der Waals surface area contributed by atoms with Crippen molar-refractivity contribution in [3.05, 3.63) is 34.1 Å². The number of hydrogen-bond donors (Lipinski definition) is 1. The van der Waals surface area contributed by atoms with Crippen molar-refractivity contribution in [2.45, 2.75) is 45.7 Å². The summed E-state index contributed by atoms with van der Waals surface area (Å²) in [6.45, 7) is 8.33. The summed E-state index contributed by atoms with van der Waals surface area (Å²) in [5.74, 6) is 0.0213. The van der Waals surface area contributed by atoms with Crippen LogP contribution in [-0.2, 0) is 0 Å². The lowest BCUT2D eigenvalue weighted by Crippen LogP contribution is -2.36. The van der Waals surface area contributed by atoms with E-state index in [9.17, 15) is 4.39 Å². The van der Waals surface area contributed by atoms with Crippen molar-refractivity contribution in [3.8, 4) is 0 Å². The number of hydrogen-bond acceptors (Lipinski definition) is 1. The Balaban J connectivity index is 2.86. The molecule has 0 saturated heterocycles. The van der Waals surface area contributed by atoms with E-state index < -0.39 is 0 Å². The molecule has 3 heteroatoms. The molecule has 1 nitrogen and oxygen atoms in total. The second-order valence-corrected chi connectivity index (χ2v) is 5.48. The monoisotopic (exact) mass is 287 g/mol. The molecule has 1 rings (SSSR count). The molecule has 2 atom stereocenters. The second-order valence-electron chi connectivity index (χ2n) is 4.56. The van der Waals surface area contributed by atoms with Crippen molar-refractivity contribution in [2.75, 3.05) is 0 Å². The maximum absolute atomic E-state index is 13.7. The fourth-order valence-electron chi connectivity index (χ4n) is 1.80. The molecule has 0 aliphatic heterocycles. The van der Waals surface area contributed by atoms with Crippen LogP contribution in [0.1, 0.15) is 39.2 Å². The van der Waals surface area contributed by atoms with E-state index in [2.05, 4.69) is 42.0 Å². The molecule has 0 fully saturated rings. The first-order valence-electron chi connectivity index (χ1n) is 5.62. The summed E-state index contributed by atoms with van der Waals surface area (Å²) in [5.41, 5.74) is 0.759. The second kappa shape index (κ2) is 5.78. The lowest BCUT2D eigenvalue weighted by atomic mass is 9.93. The van der Waals surface area contributed by atoms with Crippen molar-refractivity contribution in [3.63, 3.8) is 0 Å². The molecule has 0 heterocycles. The summed E-state index contributed by atoms with van der Waals surface area (Å²) in [6.07, 6.45) is 0. The van der Waals surface area contributed by atoms with Crippen molar-refractivity contribution in [1.29, 1.82) is 0 Å². The zero-order valence-electron chi connectivity index (χ0n) is 10.2. The number of benzene rings is 1. The average Bonchev–Trinajstić information content (AvgIpc) is 2.19. The SMILES string of the molecule is CC(C)NC(C)C(C)c1cc(Br)ccc1F. The largest absolute Gasteiger partial charge is 0.311 e. The van der Waals surface area contributed by atoms with Crippen molar-refractivity contribution in [2.24, 2.45) is 0 Å². The predicted molar refractivity (Wildman–Crippen MR) is 70.2 cm³/mol. The van der Waals surface area contributed by atoms with Crippen LogP contribution in [0.4, 0.5) is 4.39 Å². The quantitative estimate of drug-likeness (QED) is 0.880. The molecule has 0 amide bonds. The Bertz CT molecular complexity index is 352. The van der Waals surface area contributed by atoms with Gasteiger partial charge in [-0.3, -0.25) is 0 Å². The van der Waals surface area contributed by atoms with Gasteiger partial charge in [0.05, 0.1) is 0 Å². The summed E-state index contributed by atoms with van der Waals surface area (Å²) in [6, 6.07) is 5.76. The van der Waals surface area contributed by atoms with Crippen LogP contribution in [0.15, 0.2) is 22.7 Å². The Morgan fingerprint density at radius 3 is 2.38 bits per heavy atom. The lowest BCUT2D eigenvalue weighted by molar-refractivity contribution is 0.429. The van der Waals surface area contributed by atoms with Gasteiger partial charge in [0.2, 0.25) is 0 Å². The van der Waals surface area contributed by atoms with Crippen LogP contribution in [0.25, 0.3) is 0 Å². The van der Waals surface area contributed by atoms with E-state index in [0.29, 0.717) is 6.04 Å². The van der Waals surface area contributed by atoms with Crippen LogP contribution < -0.4 is 5.32 Å². The van der Waals surface area contributed by atoms with E-state index in [-0.39, 0.29) is 17.8 Å². The molecule has 0 aliphatic rings. The van der Waals surface area contributed by atoms with Gasteiger partial charge in [-0.25, -0.2) is 4.39 Å². The van der Waals surface area contributed by atoms with Gasteiger partial charge >= 0.3 is 0 Å². The van der Waals surface area contributed by atoms with Crippen molar-refractivity contribution in [1.82, 2.24) is 5.32 Å². The molecule has 2 unspecified atom stereocenters. The predicted octanol–water partition coefficient (Wildman–Crippen LogP) is 4.08. The van der Waals surface area contributed by atoms with Gasteiger partial charge in [-0.15, -0.1) is 0 Å². The topological polar surface area (TPSA) is 12.0 Å². The summed E-state index contributed by atoms with van der Waals surface area (Å²) >= 11 is 3.38. The first kappa shape index (κ1) is 13.7. The lowest BCUT2D eigenvalue weighted by Gasteiger charge is -2.24. The van der Waals surface area contributed by atoms with E-state index in [1.54, 1.807) is 6.07 Å². The van der Waals surface area contributed by atoms with Gasteiger partial charge in [-0.05, 0) is 36.6 Å². The fraction of sp³-hybridized carbons (Fsp3) is 0.538. The molecule has 0 radical (unpaired) electrons. The van der Waals surface area contributed by atoms with Gasteiger partial charge < -0.3 is 5.32 Å². The molecule has 90 valence electrons. The molecule has 0 aliphatic carbocycles. The van der Waals surface area contributed by atoms with E-state index >= 15 is 0 Å². The summed E-state index contributed by atoms with van der Waals surface area (Å²) < 4.78 is 14.6.